The number of likely N-dealkylation sites (tertiary alicyclic amines) is 1. The predicted molar refractivity (Wildman–Crippen MR) is 86.3 cm³/mol. The van der Waals surface area contributed by atoms with E-state index >= 15 is 0 Å². The van der Waals surface area contributed by atoms with E-state index < -0.39 is 9.84 Å². The first kappa shape index (κ1) is 15.5. The monoisotopic (exact) mass is 321 g/mol. The number of benzene rings is 1. The zero-order valence-electron chi connectivity index (χ0n) is 12.8. The molecule has 0 bridgehead atoms. The standard InChI is InChI=1S/C17H23NO3S/c19-17(15-10-12-22(20,21)13-15)18-11-4-7-16(18)9-8-14-5-2-1-3-6-14/h1-3,5-6,15-16H,4,7-13H2. The van der Waals surface area contributed by atoms with Gasteiger partial charge in [0.25, 0.3) is 0 Å². The second-order valence-electron chi connectivity index (χ2n) is 6.45. The molecule has 2 aliphatic rings. The SMILES string of the molecule is O=C(C1CCS(=O)(=O)C1)N1CCCC1CCc1ccccc1. The largest absolute Gasteiger partial charge is 0.339 e. The second kappa shape index (κ2) is 6.41. The molecular formula is C17H23NO3S. The van der Waals surface area contributed by atoms with E-state index in [0.717, 1.165) is 32.2 Å². The summed E-state index contributed by atoms with van der Waals surface area (Å²) in [7, 11) is -2.99. The summed E-state index contributed by atoms with van der Waals surface area (Å²) in [5, 5.41) is 0. The smallest absolute Gasteiger partial charge is 0.226 e. The van der Waals surface area contributed by atoms with E-state index in [-0.39, 0.29) is 29.4 Å². The molecule has 0 aliphatic carbocycles. The molecule has 5 heteroatoms. The Kier molecular flexibility index (Phi) is 4.52. The number of hydrogen-bond acceptors (Lipinski definition) is 3. The van der Waals surface area contributed by atoms with Gasteiger partial charge in [-0.15, -0.1) is 0 Å². The fourth-order valence-electron chi connectivity index (χ4n) is 3.63. The summed E-state index contributed by atoms with van der Waals surface area (Å²) in [6.07, 6.45) is 4.51. The minimum Gasteiger partial charge on any atom is -0.339 e. The van der Waals surface area contributed by atoms with Crippen molar-refractivity contribution in [3.8, 4) is 0 Å². The zero-order chi connectivity index (χ0) is 15.6. The van der Waals surface area contributed by atoms with Crippen LogP contribution >= 0.6 is 0 Å². The van der Waals surface area contributed by atoms with Crippen LogP contribution in [0.3, 0.4) is 0 Å². The Morgan fingerprint density at radius 3 is 2.64 bits per heavy atom. The fraction of sp³-hybridized carbons (Fsp3) is 0.588. The normalized spacial score (nSPS) is 27.2. The molecule has 0 N–H and O–H groups in total. The Morgan fingerprint density at radius 2 is 1.95 bits per heavy atom. The fourth-order valence-corrected chi connectivity index (χ4v) is 5.36. The Hall–Kier alpha value is -1.36. The van der Waals surface area contributed by atoms with E-state index in [0.29, 0.717) is 6.42 Å². The van der Waals surface area contributed by atoms with Crippen molar-refractivity contribution < 1.29 is 13.2 Å². The summed E-state index contributed by atoms with van der Waals surface area (Å²) in [5.41, 5.74) is 1.30. The average molecular weight is 321 g/mol. The molecule has 22 heavy (non-hydrogen) atoms. The van der Waals surface area contributed by atoms with Crippen LogP contribution in [0.15, 0.2) is 30.3 Å². The topological polar surface area (TPSA) is 54.5 Å². The van der Waals surface area contributed by atoms with E-state index in [4.69, 9.17) is 0 Å². The van der Waals surface area contributed by atoms with Crippen molar-refractivity contribution in [2.24, 2.45) is 5.92 Å². The summed E-state index contributed by atoms with van der Waals surface area (Å²) in [6, 6.07) is 10.6. The second-order valence-corrected chi connectivity index (χ2v) is 8.68. The Labute approximate surface area is 132 Å². The summed E-state index contributed by atoms with van der Waals surface area (Å²) >= 11 is 0. The molecule has 0 aromatic heterocycles. The van der Waals surface area contributed by atoms with Gasteiger partial charge in [0.15, 0.2) is 9.84 Å². The van der Waals surface area contributed by atoms with Crippen LogP contribution in [0.1, 0.15) is 31.2 Å². The third-order valence-electron chi connectivity index (χ3n) is 4.85. The molecule has 4 nitrogen and oxygen atoms in total. The Bertz CT molecular complexity index is 627. The van der Waals surface area contributed by atoms with Gasteiger partial charge in [-0.3, -0.25) is 4.79 Å². The van der Waals surface area contributed by atoms with Crippen LogP contribution in [0.25, 0.3) is 0 Å². The van der Waals surface area contributed by atoms with Gasteiger partial charge in [0.05, 0.1) is 17.4 Å². The highest BCUT2D eigenvalue weighted by Crippen LogP contribution is 2.27. The number of sulfone groups is 1. The molecule has 0 spiro atoms. The summed E-state index contributed by atoms with van der Waals surface area (Å²) in [6.45, 7) is 0.787. The molecule has 2 atom stereocenters. The minimum absolute atomic E-state index is 0.0493. The summed E-state index contributed by atoms with van der Waals surface area (Å²) in [4.78, 5) is 14.6. The lowest BCUT2D eigenvalue weighted by Gasteiger charge is -2.27. The van der Waals surface area contributed by atoms with Crippen LogP contribution in [-0.4, -0.2) is 43.3 Å². The molecule has 1 amide bonds. The van der Waals surface area contributed by atoms with Crippen molar-refractivity contribution in [1.29, 1.82) is 0 Å². The van der Waals surface area contributed by atoms with Crippen LogP contribution in [0.5, 0.6) is 0 Å². The molecule has 2 unspecified atom stereocenters. The predicted octanol–water partition coefficient (Wildman–Crippen LogP) is 2.04. The van der Waals surface area contributed by atoms with Crippen molar-refractivity contribution in [2.45, 2.75) is 38.1 Å². The molecule has 1 aromatic carbocycles. The number of hydrogen-bond donors (Lipinski definition) is 0. The molecule has 2 fully saturated rings. The lowest BCUT2D eigenvalue weighted by atomic mass is 10.0. The molecule has 2 aliphatic heterocycles. The van der Waals surface area contributed by atoms with Crippen LogP contribution in [0.4, 0.5) is 0 Å². The molecular weight excluding hydrogens is 298 g/mol. The van der Waals surface area contributed by atoms with Gasteiger partial charge in [-0.05, 0) is 37.7 Å². The average Bonchev–Trinajstić information content (AvgIpc) is 3.11. The highest BCUT2D eigenvalue weighted by molar-refractivity contribution is 7.91. The van der Waals surface area contributed by atoms with Crippen LogP contribution in [0, 0.1) is 5.92 Å². The van der Waals surface area contributed by atoms with Gasteiger partial charge >= 0.3 is 0 Å². The number of rotatable bonds is 4. The molecule has 0 radical (unpaired) electrons. The number of nitrogens with zero attached hydrogens (tertiary/aromatic N) is 1. The lowest BCUT2D eigenvalue weighted by Crippen LogP contribution is -2.40. The maximum absolute atomic E-state index is 12.6. The van der Waals surface area contributed by atoms with E-state index in [1.54, 1.807) is 0 Å². The van der Waals surface area contributed by atoms with E-state index in [1.807, 2.05) is 23.1 Å². The van der Waals surface area contributed by atoms with E-state index in [2.05, 4.69) is 12.1 Å². The third kappa shape index (κ3) is 3.51. The lowest BCUT2D eigenvalue weighted by molar-refractivity contribution is -0.135. The molecule has 1 aromatic rings. The molecule has 2 heterocycles. The van der Waals surface area contributed by atoms with Crippen molar-refractivity contribution in [3.05, 3.63) is 35.9 Å². The number of carbonyl (C=O) groups is 1. The van der Waals surface area contributed by atoms with Gasteiger partial charge in [-0.2, -0.15) is 0 Å². The first-order valence-corrected chi connectivity index (χ1v) is 9.92. The molecule has 0 saturated carbocycles. The van der Waals surface area contributed by atoms with Gasteiger partial charge in [0.2, 0.25) is 5.91 Å². The Morgan fingerprint density at radius 1 is 1.18 bits per heavy atom. The highest BCUT2D eigenvalue weighted by atomic mass is 32.2. The quantitative estimate of drug-likeness (QED) is 0.853. The Balaban J connectivity index is 1.59. The van der Waals surface area contributed by atoms with E-state index in [1.165, 1.54) is 5.56 Å². The van der Waals surface area contributed by atoms with Crippen molar-refractivity contribution in [3.63, 3.8) is 0 Å². The molecule has 2 saturated heterocycles. The maximum atomic E-state index is 12.6. The van der Waals surface area contributed by atoms with Crippen LogP contribution < -0.4 is 0 Å². The van der Waals surface area contributed by atoms with E-state index in [9.17, 15) is 13.2 Å². The van der Waals surface area contributed by atoms with Gasteiger partial charge in [0.1, 0.15) is 0 Å². The van der Waals surface area contributed by atoms with Crippen molar-refractivity contribution in [1.82, 2.24) is 4.90 Å². The highest BCUT2D eigenvalue weighted by Gasteiger charge is 2.38. The molecule has 3 rings (SSSR count). The zero-order valence-corrected chi connectivity index (χ0v) is 13.6. The molecule has 120 valence electrons. The summed E-state index contributed by atoms with van der Waals surface area (Å²) < 4.78 is 23.2. The first-order chi connectivity index (χ1) is 10.6. The third-order valence-corrected chi connectivity index (χ3v) is 6.62. The first-order valence-electron chi connectivity index (χ1n) is 8.10. The van der Waals surface area contributed by atoms with Gasteiger partial charge in [0, 0.05) is 12.6 Å². The van der Waals surface area contributed by atoms with Crippen molar-refractivity contribution >= 4 is 15.7 Å². The maximum Gasteiger partial charge on any atom is 0.226 e. The minimum atomic E-state index is -2.99. The van der Waals surface area contributed by atoms with Gasteiger partial charge in [-0.1, -0.05) is 30.3 Å². The van der Waals surface area contributed by atoms with Crippen LogP contribution in [-0.2, 0) is 21.1 Å². The van der Waals surface area contributed by atoms with Gasteiger partial charge in [-0.25, -0.2) is 8.42 Å². The van der Waals surface area contributed by atoms with Crippen LogP contribution in [0.2, 0.25) is 0 Å². The number of carbonyl (C=O) groups excluding carboxylic acids is 1. The summed E-state index contributed by atoms with van der Waals surface area (Å²) in [5.74, 6) is -0.0152. The number of aryl methyl sites for hydroxylation is 1. The van der Waals surface area contributed by atoms with Gasteiger partial charge < -0.3 is 4.90 Å². The number of amides is 1. The van der Waals surface area contributed by atoms with Crippen molar-refractivity contribution in [2.75, 3.05) is 18.1 Å².